The summed E-state index contributed by atoms with van der Waals surface area (Å²) in [6.45, 7) is 17.9. The minimum Gasteiger partial charge on any atom is -0.499 e. The standard InChI is InChI=1S/C39H47N13O2S4.C3H8/c1-8-13-32-44-38(42-28-18-23(51(9-2)10-3)14-16-27(28)47-50(7)36-26(21-41)33(55)31(22-53)57-36)46-39(45-32)43-29-19-24(52(11-4)12-5)15-17-30(29)49(6)48-35-25(20-40)34(56)37(54)58-35;1-3-2/h14-19,22,47-48,54-56H,8-13H2,1-7H3,(H2,42,43,44,45,46);3H2,1-2H3. The maximum absolute atomic E-state index is 11.7. The van der Waals surface area contributed by atoms with E-state index in [0.717, 1.165) is 55.3 Å². The van der Waals surface area contributed by atoms with E-state index in [0.29, 0.717) is 78.5 Å². The lowest BCUT2D eigenvalue weighted by Crippen LogP contribution is -2.26. The average Bonchev–Trinajstić information content (AvgIpc) is 3.72. The van der Waals surface area contributed by atoms with Crippen LogP contribution in [0.5, 0.6) is 5.06 Å². The zero-order valence-electron chi connectivity index (χ0n) is 36.1. The fourth-order valence-corrected chi connectivity index (χ4v) is 8.72. The second-order valence-electron chi connectivity index (χ2n) is 13.5. The molecule has 0 amide bonds. The Balaban J connectivity index is 0.00000265. The van der Waals surface area contributed by atoms with E-state index in [1.165, 1.54) is 17.8 Å². The number of hydrogen-bond acceptors (Lipinski definition) is 19. The number of anilines is 10. The number of nitriles is 2. The molecule has 0 aliphatic heterocycles. The van der Waals surface area contributed by atoms with Gasteiger partial charge in [0.15, 0.2) is 11.3 Å². The Kier molecular flexibility index (Phi) is 18.0. The summed E-state index contributed by atoms with van der Waals surface area (Å²) in [6.07, 6.45) is 3.35. The number of aldehydes is 1. The number of rotatable bonds is 19. The summed E-state index contributed by atoms with van der Waals surface area (Å²) in [7, 11) is 3.59. The molecule has 19 heteroatoms. The Bertz CT molecular complexity index is 2350. The molecule has 0 aliphatic carbocycles. The van der Waals surface area contributed by atoms with Crippen LogP contribution in [-0.4, -0.2) is 66.6 Å². The van der Waals surface area contributed by atoms with Crippen molar-refractivity contribution in [3.05, 3.63) is 58.2 Å². The summed E-state index contributed by atoms with van der Waals surface area (Å²) in [6, 6.07) is 16.3. The van der Waals surface area contributed by atoms with Crippen molar-refractivity contribution in [1.82, 2.24) is 15.0 Å². The van der Waals surface area contributed by atoms with Crippen molar-refractivity contribution in [3.63, 3.8) is 0 Å². The molecule has 0 bridgehead atoms. The average molecular weight is 902 g/mol. The van der Waals surface area contributed by atoms with Gasteiger partial charge in [0, 0.05) is 63.0 Å². The van der Waals surface area contributed by atoms with Crippen LogP contribution in [0.4, 0.5) is 56.0 Å². The van der Waals surface area contributed by atoms with Crippen molar-refractivity contribution < 1.29 is 9.90 Å². The molecular formula is C42H55N13O2S4. The van der Waals surface area contributed by atoms with E-state index < -0.39 is 0 Å². The molecule has 0 saturated carbocycles. The molecule has 0 fully saturated rings. The number of carbonyl (C=O) groups excluding carboxylic acids is 1. The van der Waals surface area contributed by atoms with Gasteiger partial charge in [-0.3, -0.25) is 25.7 Å². The number of aromatic nitrogens is 3. The number of aromatic hydroxyl groups is 1. The number of nitrogens with zero attached hydrogens (tertiary/aromatic N) is 9. The number of thiol groups is 2. The lowest BCUT2D eigenvalue weighted by molar-refractivity contribution is 0.112. The topological polar surface area (TPSA) is 185 Å². The van der Waals surface area contributed by atoms with Crippen molar-refractivity contribution in [2.75, 3.05) is 81.6 Å². The molecule has 0 atom stereocenters. The molecule has 15 nitrogen and oxygen atoms in total. The first-order valence-electron chi connectivity index (χ1n) is 20.1. The quantitative estimate of drug-likeness (QED) is 0.0236. The summed E-state index contributed by atoms with van der Waals surface area (Å²) in [4.78, 5) is 31.6. The number of nitrogens with one attached hydrogen (secondary N) is 4. The molecule has 5 rings (SSSR count). The van der Waals surface area contributed by atoms with Crippen LogP contribution in [0, 0.1) is 22.7 Å². The highest BCUT2D eigenvalue weighted by Gasteiger charge is 2.22. The molecule has 3 heterocycles. The first-order valence-corrected chi connectivity index (χ1v) is 22.6. The van der Waals surface area contributed by atoms with Gasteiger partial charge in [0.25, 0.3) is 0 Å². The van der Waals surface area contributed by atoms with E-state index in [4.69, 9.17) is 15.0 Å². The summed E-state index contributed by atoms with van der Waals surface area (Å²) in [5.74, 6) is 1.19. The maximum atomic E-state index is 11.7. The third kappa shape index (κ3) is 11.6. The van der Waals surface area contributed by atoms with Gasteiger partial charge < -0.3 is 25.5 Å². The van der Waals surface area contributed by atoms with E-state index >= 15 is 0 Å². The number of aryl methyl sites for hydroxylation is 1. The molecule has 0 radical (unpaired) electrons. The normalized spacial score (nSPS) is 10.4. The molecule has 324 valence electrons. The van der Waals surface area contributed by atoms with E-state index in [9.17, 15) is 20.4 Å². The van der Waals surface area contributed by atoms with Gasteiger partial charge in [-0.2, -0.15) is 25.5 Å². The lowest BCUT2D eigenvalue weighted by atomic mass is 10.2. The van der Waals surface area contributed by atoms with Gasteiger partial charge in [-0.05, 0) is 70.5 Å². The molecular weight excluding hydrogens is 847 g/mol. The van der Waals surface area contributed by atoms with Gasteiger partial charge in [-0.15, -0.1) is 36.6 Å². The zero-order chi connectivity index (χ0) is 44.8. The van der Waals surface area contributed by atoms with Gasteiger partial charge >= 0.3 is 0 Å². The van der Waals surface area contributed by atoms with Crippen molar-refractivity contribution in [2.45, 2.75) is 77.5 Å². The smallest absolute Gasteiger partial charge is 0.232 e. The largest absolute Gasteiger partial charge is 0.499 e. The van der Waals surface area contributed by atoms with Gasteiger partial charge in [0.05, 0.1) is 32.5 Å². The predicted molar refractivity (Wildman–Crippen MR) is 260 cm³/mol. The number of thiophene rings is 2. The molecule has 2 aromatic carbocycles. The van der Waals surface area contributed by atoms with Crippen LogP contribution in [0.1, 0.15) is 87.9 Å². The van der Waals surface area contributed by atoms with E-state index in [1.54, 1.807) is 17.1 Å². The SMILES string of the molecule is CCC.CCCc1nc(Nc2cc(N(CC)CC)ccc2NN(C)c2sc(C=O)c(S)c2C#N)nc(Nc2cc(N(CC)CC)ccc2N(C)Nc2sc(O)c(S)c2C#N)n1. The third-order valence-electron chi connectivity index (χ3n) is 9.20. The molecule has 5 N–H and O–H groups in total. The van der Waals surface area contributed by atoms with Crippen LogP contribution >= 0.6 is 47.9 Å². The number of carbonyl (C=O) groups is 1. The van der Waals surface area contributed by atoms with Gasteiger partial charge in [0.2, 0.25) is 11.9 Å². The van der Waals surface area contributed by atoms with Crippen LogP contribution in [0.15, 0.2) is 46.2 Å². The Hall–Kier alpha value is -5.60. The Morgan fingerprint density at radius 3 is 1.84 bits per heavy atom. The van der Waals surface area contributed by atoms with Crippen molar-refractivity contribution in [3.8, 4) is 17.2 Å². The monoisotopic (exact) mass is 901 g/mol. The zero-order valence-corrected chi connectivity index (χ0v) is 39.5. The molecule has 0 saturated heterocycles. The van der Waals surface area contributed by atoms with Crippen LogP contribution < -0.4 is 41.3 Å². The van der Waals surface area contributed by atoms with Crippen LogP contribution in [0.3, 0.4) is 0 Å². The molecule has 5 aromatic rings. The highest BCUT2D eigenvalue weighted by molar-refractivity contribution is 7.81. The Labute approximate surface area is 378 Å². The van der Waals surface area contributed by atoms with E-state index in [2.05, 4.69) is 117 Å². The molecule has 3 aromatic heterocycles. The van der Waals surface area contributed by atoms with Crippen LogP contribution in [0.2, 0.25) is 0 Å². The molecule has 0 spiro atoms. The molecule has 61 heavy (non-hydrogen) atoms. The van der Waals surface area contributed by atoms with Gasteiger partial charge in [0.1, 0.15) is 39.1 Å². The lowest BCUT2D eigenvalue weighted by Gasteiger charge is -2.27. The molecule has 0 unspecified atom stereocenters. The van der Waals surface area contributed by atoms with Crippen LogP contribution in [-0.2, 0) is 6.42 Å². The highest BCUT2D eigenvalue weighted by Crippen LogP contribution is 2.42. The fourth-order valence-electron chi connectivity index (χ4n) is 6.21. The third-order valence-corrected chi connectivity index (χ3v) is 12.5. The fraction of sp³-hybridized carbons (Fsp3) is 0.381. The maximum Gasteiger partial charge on any atom is 0.232 e. The first kappa shape index (κ1) is 48.1. The molecule has 0 aliphatic rings. The number of benzene rings is 2. The van der Waals surface area contributed by atoms with Crippen molar-refractivity contribution in [2.24, 2.45) is 0 Å². The van der Waals surface area contributed by atoms with Crippen molar-refractivity contribution >= 4 is 110 Å². The number of hydrogen-bond donors (Lipinski definition) is 7. The van der Waals surface area contributed by atoms with Crippen LogP contribution in [0.25, 0.3) is 0 Å². The second kappa shape index (κ2) is 22.8. The van der Waals surface area contributed by atoms with Crippen molar-refractivity contribution in [1.29, 1.82) is 10.5 Å². The Morgan fingerprint density at radius 2 is 1.30 bits per heavy atom. The first-order chi connectivity index (χ1) is 29.3. The van der Waals surface area contributed by atoms with Gasteiger partial charge in [-0.25, -0.2) is 0 Å². The number of hydrazine groups is 2. The van der Waals surface area contributed by atoms with E-state index in [1.807, 2.05) is 43.4 Å². The summed E-state index contributed by atoms with van der Waals surface area (Å²) in [5, 5.41) is 41.3. The summed E-state index contributed by atoms with van der Waals surface area (Å²) < 4.78 is 0. The van der Waals surface area contributed by atoms with Gasteiger partial charge in [-0.1, -0.05) is 38.5 Å². The summed E-state index contributed by atoms with van der Waals surface area (Å²) >= 11 is 10.9. The Morgan fingerprint density at radius 1 is 0.738 bits per heavy atom. The minimum atomic E-state index is -0.0513. The highest BCUT2D eigenvalue weighted by atomic mass is 32.1. The predicted octanol–water partition coefficient (Wildman–Crippen LogP) is 10.3. The van der Waals surface area contributed by atoms with E-state index in [-0.39, 0.29) is 15.5 Å². The minimum absolute atomic E-state index is 0.0513. The summed E-state index contributed by atoms with van der Waals surface area (Å²) in [5.41, 5.74) is 11.9. The second-order valence-corrected chi connectivity index (χ2v) is 16.4.